The van der Waals surface area contributed by atoms with Gasteiger partial charge in [-0.05, 0) is 18.9 Å². The molecule has 0 saturated carbocycles. The first-order valence-electron chi connectivity index (χ1n) is 5.98. The van der Waals surface area contributed by atoms with Crippen LogP contribution in [0.25, 0.3) is 0 Å². The molecule has 0 saturated heterocycles. The van der Waals surface area contributed by atoms with Crippen LogP contribution in [0.5, 0.6) is 0 Å². The molecular formula is C12H16N4O. The second kappa shape index (κ2) is 4.33. The predicted octanol–water partition coefficient (Wildman–Crippen LogP) is 1.58. The van der Waals surface area contributed by atoms with E-state index in [2.05, 4.69) is 21.7 Å². The van der Waals surface area contributed by atoms with Crippen molar-refractivity contribution in [2.45, 2.75) is 31.8 Å². The summed E-state index contributed by atoms with van der Waals surface area (Å²) in [5.41, 5.74) is 2.41. The minimum Gasteiger partial charge on any atom is -0.469 e. The normalized spacial score (nSPS) is 19.2. The van der Waals surface area contributed by atoms with E-state index >= 15 is 0 Å². The Kier molecular flexibility index (Phi) is 2.68. The van der Waals surface area contributed by atoms with Gasteiger partial charge in [0, 0.05) is 31.6 Å². The molecule has 1 atom stereocenters. The summed E-state index contributed by atoms with van der Waals surface area (Å²) in [6, 6.07) is 2.47. The van der Waals surface area contributed by atoms with Gasteiger partial charge in [0.1, 0.15) is 5.76 Å². The molecule has 1 aliphatic rings. The van der Waals surface area contributed by atoms with Gasteiger partial charge < -0.3 is 9.73 Å². The molecule has 3 rings (SSSR count). The number of hydrogen-bond acceptors (Lipinski definition) is 4. The van der Waals surface area contributed by atoms with Crippen LogP contribution < -0.4 is 5.32 Å². The fourth-order valence-corrected chi connectivity index (χ4v) is 2.40. The van der Waals surface area contributed by atoms with Crippen molar-refractivity contribution in [3.05, 3.63) is 35.5 Å². The highest BCUT2D eigenvalue weighted by Crippen LogP contribution is 2.30. The van der Waals surface area contributed by atoms with E-state index in [1.807, 2.05) is 7.05 Å². The van der Waals surface area contributed by atoms with Crippen LogP contribution in [0.15, 0.2) is 22.9 Å². The summed E-state index contributed by atoms with van der Waals surface area (Å²) in [6.07, 6.45) is 7.00. The van der Waals surface area contributed by atoms with Crippen molar-refractivity contribution in [3.63, 3.8) is 0 Å². The first kappa shape index (κ1) is 10.5. The number of nitrogens with one attached hydrogen (secondary N) is 1. The van der Waals surface area contributed by atoms with E-state index in [1.165, 1.54) is 12.0 Å². The number of rotatable bonds is 3. The Balaban J connectivity index is 1.70. The third-order valence-corrected chi connectivity index (χ3v) is 3.39. The maximum atomic E-state index is 5.48. The molecule has 5 nitrogen and oxygen atoms in total. The quantitative estimate of drug-likeness (QED) is 0.872. The molecule has 2 heterocycles. The summed E-state index contributed by atoms with van der Waals surface area (Å²) in [4.78, 5) is 0. The van der Waals surface area contributed by atoms with Gasteiger partial charge in [-0.3, -0.25) is 4.68 Å². The van der Waals surface area contributed by atoms with E-state index in [0.717, 1.165) is 30.8 Å². The van der Waals surface area contributed by atoms with Crippen LogP contribution in [0, 0.1) is 0 Å². The molecule has 0 radical (unpaired) electrons. The Morgan fingerprint density at radius 2 is 2.53 bits per heavy atom. The zero-order valence-electron chi connectivity index (χ0n) is 9.89. The Bertz CT molecular complexity index is 502. The van der Waals surface area contributed by atoms with Crippen LogP contribution in [0.4, 0.5) is 0 Å². The molecule has 1 unspecified atom stereocenters. The average Bonchev–Trinajstić information content (AvgIpc) is 2.95. The fourth-order valence-electron chi connectivity index (χ4n) is 2.40. The maximum Gasteiger partial charge on any atom is 0.108 e. The zero-order chi connectivity index (χ0) is 11.7. The van der Waals surface area contributed by atoms with E-state index in [1.54, 1.807) is 17.1 Å². The molecular weight excluding hydrogens is 216 g/mol. The second-order valence-corrected chi connectivity index (χ2v) is 4.47. The molecule has 5 heteroatoms. The Hall–Kier alpha value is -1.62. The number of fused-ring (bicyclic) bond motifs is 1. The van der Waals surface area contributed by atoms with E-state index in [0.29, 0.717) is 6.04 Å². The van der Waals surface area contributed by atoms with Crippen LogP contribution in [-0.2, 0) is 20.0 Å². The van der Waals surface area contributed by atoms with Crippen LogP contribution in [-0.4, -0.2) is 15.0 Å². The Labute approximate surface area is 99.8 Å². The summed E-state index contributed by atoms with van der Waals surface area (Å²) in [6.45, 7) is 0.790. The van der Waals surface area contributed by atoms with E-state index in [9.17, 15) is 0 Å². The van der Waals surface area contributed by atoms with Crippen LogP contribution in [0.2, 0.25) is 0 Å². The molecule has 2 aromatic rings. The standard InChI is InChI=1S/C12H16N4O/c1-16-9(8-14-15-16)7-13-11-3-2-4-12-10(11)5-6-17-12/h5-6,8,11,13H,2-4,7H2,1H3. The number of hydrogen-bond donors (Lipinski definition) is 1. The van der Waals surface area contributed by atoms with Crippen molar-refractivity contribution in [1.82, 2.24) is 20.3 Å². The molecule has 0 aromatic carbocycles. The highest BCUT2D eigenvalue weighted by Gasteiger charge is 2.22. The van der Waals surface area contributed by atoms with Gasteiger partial charge in [-0.1, -0.05) is 5.21 Å². The molecule has 0 amide bonds. The molecule has 1 aliphatic carbocycles. The molecule has 0 aliphatic heterocycles. The summed E-state index contributed by atoms with van der Waals surface area (Å²) in [5, 5.41) is 11.3. The van der Waals surface area contributed by atoms with E-state index in [4.69, 9.17) is 4.42 Å². The molecule has 1 N–H and O–H groups in total. The topological polar surface area (TPSA) is 55.9 Å². The second-order valence-electron chi connectivity index (χ2n) is 4.47. The highest BCUT2D eigenvalue weighted by molar-refractivity contribution is 5.24. The number of aromatic nitrogens is 3. The van der Waals surface area contributed by atoms with Gasteiger partial charge in [-0.25, -0.2) is 0 Å². The van der Waals surface area contributed by atoms with Gasteiger partial charge in [0.25, 0.3) is 0 Å². The lowest BCUT2D eigenvalue weighted by Crippen LogP contribution is -2.25. The van der Waals surface area contributed by atoms with Gasteiger partial charge in [0.2, 0.25) is 0 Å². The van der Waals surface area contributed by atoms with Crippen molar-refractivity contribution < 1.29 is 4.42 Å². The van der Waals surface area contributed by atoms with Gasteiger partial charge >= 0.3 is 0 Å². The highest BCUT2D eigenvalue weighted by atomic mass is 16.3. The lowest BCUT2D eigenvalue weighted by molar-refractivity contribution is 0.407. The Morgan fingerprint density at radius 3 is 3.35 bits per heavy atom. The number of aryl methyl sites for hydroxylation is 2. The third-order valence-electron chi connectivity index (χ3n) is 3.39. The molecule has 2 aromatic heterocycles. The SMILES string of the molecule is Cn1nncc1CNC1CCCc2occc21. The van der Waals surface area contributed by atoms with Crippen molar-refractivity contribution in [3.8, 4) is 0 Å². The fraction of sp³-hybridized carbons (Fsp3) is 0.500. The van der Waals surface area contributed by atoms with Crippen LogP contribution >= 0.6 is 0 Å². The maximum absolute atomic E-state index is 5.48. The minimum atomic E-state index is 0.396. The predicted molar refractivity (Wildman–Crippen MR) is 62.2 cm³/mol. The Morgan fingerprint density at radius 1 is 1.59 bits per heavy atom. The number of nitrogens with zero attached hydrogens (tertiary/aromatic N) is 3. The summed E-state index contributed by atoms with van der Waals surface area (Å²) in [5.74, 6) is 1.14. The molecule has 0 bridgehead atoms. The number of furan rings is 1. The lowest BCUT2D eigenvalue weighted by atomic mass is 9.93. The molecule has 0 fully saturated rings. The lowest BCUT2D eigenvalue weighted by Gasteiger charge is -2.22. The van der Waals surface area contributed by atoms with Crippen LogP contribution in [0.1, 0.15) is 35.9 Å². The van der Waals surface area contributed by atoms with Crippen molar-refractivity contribution in [2.75, 3.05) is 0 Å². The molecule has 0 spiro atoms. The van der Waals surface area contributed by atoms with Gasteiger partial charge in [0.05, 0.1) is 18.2 Å². The van der Waals surface area contributed by atoms with Crippen LogP contribution in [0.3, 0.4) is 0 Å². The summed E-state index contributed by atoms with van der Waals surface area (Å²) >= 11 is 0. The van der Waals surface area contributed by atoms with Crippen molar-refractivity contribution in [1.29, 1.82) is 0 Å². The average molecular weight is 232 g/mol. The van der Waals surface area contributed by atoms with Crippen molar-refractivity contribution >= 4 is 0 Å². The van der Waals surface area contributed by atoms with Crippen molar-refractivity contribution in [2.24, 2.45) is 7.05 Å². The monoisotopic (exact) mass is 232 g/mol. The molecule has 90 valence electrons. The van der Waals surface area contributed by atoms with Gasteiger partial charge in [-0.15, -0.1) is 5.10 Å². The molecule has 17 heavy (non-hydrogen) atoms. The van der Waals surface area contributed by atoms with E-state index < -0.39 is 0 Å². The van der Waals surface area contributed by atoms with Gasteiger partial charge in [0.15, 0.2) is 0 Å². The summed E-state index contributed by atoms with van der Waals surface area (Å²) < 4.78 is 7.27. The smallest absolute Gasteiger partial charge is 0.108 e. The first-order chi connectivity index (χ1) is 8.34. The first-order valence-corrected chi connectivity index (χ1v) is 5.98. The third kappa shape index (κ3) is 1.98. The summed E-state index contributed by atoms with van der Waals surface area (Å²) in [7, 11) is 1.91. The zero-order valence-corrected chi connectivity index (χ0v) is 9.89. The van der Waals surface area contributed by atoms with Gasteiger partial charge in [-0.2, -0.15) is 0 Å². The minimum absolute atomic E-state index is 0.396. The van der Waals surface area contributed by atoms with E-state index in [-0.39, 0.29) is 0 Å². The largest absolute Gasteiger partial charge is 0.469 e.